The van der Waals surface area contributed by atoms with Crippen LogP contribution in [-0.2, 0) is 6.61 Å². The van der Waals surface area contributed by atoms with E-state index >= 15 is 0 Å². The number of methoxy groups -OCH3 is 1. The van der Waals surface area contributed by atoms with Crippen LogP contribution in [0.15, 0.2) is 53.3 Å². The maximum atomic E-state index is 11.9. The van der Waals surface area contributed by atoms with Gasteiger partial charge < -0.3 is 24.7 Å². The Morgan fingerprint density at radius 2 is 1.81 bits per heavy atom. The molecule has 7 nitrogen and oxygen atoms in total. The molecule has 26 heavy (non-hydrogen) atoms. The monoisotopic (exact) mass is 355 g/mol. The van der Waals surface area contributed by atoms with Crippen molar-refractivity contribution < 1.29 is 24.5 Å². The van der Waals surface area contributed by atoms with E-state index in [1.54, 1.807) is 7.11 Å². The number of fused-ring (bicyclic) bond motifs is 1. The highest BCUT2D eigenvalue weighted by Gasteiger charge is 2.19. The van der Waals surface area contributed by atoms with Crippen LogP contribution >= 0.6 is 0 Å². The van der Waals surface area contributed by atoms with E-state index < -0.39 is 12.1 Å². The molecular weight excluding hydrogens is 338 g/mol. The fourth-order valence-corrected chi connectivity index (χ4v) is 2.58. The second kappa shape index (κ2) is 7.38. The molecule has 3 aromatic rings. The summed E-state index contributed by atoms with van der Waals surface area (Å²) in [6.45, 7) is 0.242. The van der Waals surface area contributed by atoms with E-state index in [9.17, 15) is 9.59 Å². The molecule has 0 fully saturated rings. The molecule has 0 amide bonds. The molecule has 0 aliphatic rings. The van der Waals surface area contributed by atoms with Gasteiger partial charge in [0.25, 0.3) is 0 Å². The molecule has 0 atom stereocenters. The van der Waals surface area contributed by atoms with E-state index in [1.165, 1.54) is 24.3 Å². The molecule has 3 rings (SSSR count). The number of ether oxygens (including phenoxy) is 2. The van der Waals surface area contributed by atoms with Crippen LogP contribution in [0.3, 0.4) is 0 Å². The van der Waals surface area contributed by atoms with Crippen molar-refractivity contribution in [3.63, 3.8) is 0 Å². The minimum atomic E-state index is -2.13. The van der Waals surface area contributed by atoms with Crippen LogP contribution in [0, 0.1) is 0 Å². The summed E-state index contributed by atoms with van der Waals surface area (Å²) in [6.07, 6.45) is -2.13. The fraction of sp³-hybridized carbons (Fsp3) is 0.158. The van der Waals surface area contributed by atoms with E-state index in [2.05, 4.69) is 4.98 Å². The van der Waals surface area contributed by atoms with Crippen molar-refractivity contribution in [1.82, 2.24) is 4.98 Å². The summed E-state index contributed by atoms with van der Waals surface area (Å²) in [5, 5.41) is 18.7. The van der Waals surface area contributed by atoms with E-state index in [-0.39, 0.29) is 17.7 Å². The third-order valence-corrected chi connectivity index (χ3v) is 3.91. The number of hydrogen-bond acceptors (Lipinski definition) is 6. The van der Waals surface area contributed by atoms with Gasteiger partial charge in [0.2, 0.25) is 17.6 Å². The van der Waals surface area contributed by atoms with E-state index in [0.29, 0.717) is 16.7 Å². The van der Waals surface area contributed by atoms with E-state index in [4.69, 9.17) is 19.7 Å². The number of aliphatic hydroxyl groups excluding tert-OH is 1. The van der Waals surface area contributed by atoms with Gasteiger partial charge in [-0.1, -0.05) is 12.1 Å². The van der Waals surface area contributed by atoms with Gasteiger partial charge in [0.05, 0.1) is 12.6 Å². The molecule has 0 spiro atoms. The van der Waals surface area contributed by atoms with Gasteiger partial charge in [0, 0.05) is 17.0 Å². The minimum absolute atomic E-state index is 0.0862. The molecule has 0 saturated heterocycles. The average molecular weight is 355 g/mol. The first-order valence-electron chi connectivity index (χ1n) is 7.81. The van der Waals surface area contributed by atoms with Gasteiger partial charge in [-0.2, -0.15) is 0 Å². The zero-order chi connectivity index (χ0) is 18.7. The van der Waals surface area contributed by atoms with Gasteiger partial charge in [-0.25, -0.2) is 0 Å². The Bertz CT molecular complexity index is 991. The van der Waals surface area contributed by atoms with Gasteiger partial charge in [-0.15, -0.1) is 0 Å². The lowest BCUT2D eigenvalue weighted by Crippen LogP contribution is -2.20. The lowest BCUT2D eigenvalue weighted by atomic mass is 10.0. The number of benzene rings is 2. The van der Waals surface area contributed by atoms with Gasteiger partial charge in [-0.05, 0) is 35.9 Å². The lowest BCUT2D eigenvalue weighted by Gasteiger charge is -2.12. The Hall–Kier alpha value is -3.16. The number of aliphatic hydroxyl groups is 2. The second-order valence-corrected chi connectivity index (χ2v) is 5.60. The van der Waals surface area contributed by atoms with Crippen molar-refractivity contribution in [2.24, 2.45) is 0 Å². The van der Waals surface area contributed by atoms with Crippen molar-refractivity contribution >= 4 is 16.7 Å². The number of carbonyl (C=O) groups excluding carboxylic acids is 1. The molecule has 1 aromatic heterocycles. The van der Waals surface area contributed by atoms with Crippen molar-refractivity contribution in [3.8, 4) is 11.5 Å². The Kier molecular flexibility index (Phi) is 5.01. The highest BCUT2D eigenvalue weighted by molar-refractivity contribution is 6.09. The quantitative estimate of drug-likeness (QED) is 0.458. The summed E-state index contributed by atoms with van der Waals surface area (Å²) in [6, 6.07) is 13.0. The van der Waals surface area contributed by atoms with Crippen LogP contribution in [0.2, 0.25) is 0 Å². The van der Waals surface area contributed by atoms with Crippen LogP contribution in [0.1, 0.15) is 15.9 Å². The highest BCUT2D eigenvalue weighted by Crippen LogP contribution is 2.27. The first kappa shape index (κ1) is 17.7. The van der Waals surface area contributed by atoms with Crippen molar-refractivity contribution in [2.45, 2.75) is 12.9 Å². The largest absolute Gasteiger partial charge is 0.497 e. The average Bonchev–Trinajstić information content (AvgIpc) is 2.65. The molecule has 7 heteroatoms. The van der Waals surface area contributed by atoms with Crippen molar-refractivity contribution in [2.75, 3.05) is 7.11 Å². The normalized spacial score (nSPS) is 10.9. The zero-order valence-electron chi connectivity index (χ0n) is 13.9. The predicted octanol–water partition coefficient (Wildman–Crippen LogP) is 1.61. The molecule has 0 aliphatic carbocycles. The molecular formula is C19H17NO6. The smallest absolute Gasteiger partial charge is 0.248 e. The highest BCUT2D eigenvalue weighted by atomic mass is 16.5. The lowest BCUT2D eigenvalue weighted by molar-refractivity contribution is -0.0194. The molecule has 0 bridgehead atoms. The fourth-order valence-electron chi connectivity index (χ4n) is 2.58. The maximum Gasteiger partial charge on any atom is 0.248 e. The third-order valence-electron chi connectivity index (χ3n) is 3.91. The first-order valence-corrected chi connectivity index (χ1v) is 7.81. The molecule has 0 unspecified atom stereocenters. The van der Waals surface area contributed by atoms with Crippen LogP contribution in [0.4, 0.5) is 0 Å². The van der Waals surface area contributed by atoms with Crippen molar-refractivity contribution in [3.05, 3.63) is 70.0 Å². The topological polar surface area (TPSA) is 109 Å². The van der Waals surface area contributed by atoms with Crippen LogP contribution in [0.25, 0.3) is 10.9 Å². The third kappa shape index (κ3) is 3.58. The summed E-state index contributed by atoms with van der Waals surface area (Å²) in [7, 11) is 1.58. The Morgan fingerprint density at radius 1 is 1.08 bits per heavy atom. The number of pyridine rings is 1. The number of Topliss-reactive ketones (excluding diaryl/α,β-unsaturated/α-hetero) is 1. The predicted molar refractivity (Wildman–Crippen MR) is 94.5 cm³/mol. The number of aromatic nitrogens is 1. The van der Waals surface area contributed by atoms with Crippen LogP contribution in [-0.4, -0.2) is 34.4 Å². The Balaban J connectivity index is 1.95. The number of nitrogens with one attached hydrogen (secondary N) is 1. The standard InChI is InChI=1S/C19H17NO6/c1-25-12-4-2-11(3-5-12)10-26-15-8-6-14(18(22)19(23)24)13-7-9-16(21)20-17(13)15/h2-9,19,23-24H,10H2,1H3,(H,20,21). The zero-order valence-corrected chi connectivity index (χ0v) is 13.9. The van der Waals surface area contributed by atoms with Crippen LogP contribution in [0.5, 0.6) is 11.5 Å². The summed E-state index contributed by atoms with van der Waals surface area (Å²) in [5.41, 5.74) is 0.935. The summed E-state index contributed by atoms with van der Waals surface area (Å²) in [4.78, 5) is 26.3. The van der Waals surface area contributed by atoms with Gasteiger partial charge >= 0.3 is 0 Å². The van der Waals surface area contributed by atoms with Crippen molar-refractivity contribution in [1.29, 1.82) is 0 Å². The van der Waals surface area contributed by atoms with E-state index in [1.807, 2.05) is 24.3 Å². The molecule has 3 N–H and O–H groups in total. The molecule has 134 valence electrons. The summed E-state index contributed by atoms with van der Waals surface area (Å²) >= 11 is 0. The number of aromatic amines is 1. The molecule has 0 aliphatic heterocycles. The summed E-state index contributed by atoms with van der Waals surface area (Å²) in [5.74, 6) is 0.246. The Labute approximate surface area is 148 Å². The molecule has 0 radical (unpaired) electrons. The molecule has 2 aromatic carbocycles. The first-order chi connectivity index (χ1) is 12.5. The maximum absolute atomic E-state index is 11.9. The minimum Gasteiger partial charge on any atom is -0.497 e. The number of ketones is 1. The van der Waals surface area contributed by atoms with Gasteiger partial charge in [0.1, 0.15) is 18.1 Å². The van der Waals surface area contributed by atoms with Crippen LogP contribution < -0.4 is 15.0 Å². The van der Waals surface area contributed by atoms with E-state index in [0.717, 1.165) is 11.3 Å². The molecule has 1 heterocycles. The Morgan fingerprint density at radius 3 is 2.46 bits per heavy atom. The number of rotatable bonds is 6. The number of carbonyl (C=O) groups is 1. The van der Waals surface area contributed by atoms with Gasteiger partial charge in [-0.3, -0.25) is 9.59 Å². The van der Waals surface area contributed by atoms with Gasteiger partial charge in [0.15, 0.2) is 0 Å². The summed E-state index contributed by atoms with van der Waals surface area (Å²) < 4.78 is 10.9. The molecule has 0 saturated carbocycles. The number of hydrogen-bond donors (Lipinski definition) is 3. The second-order valence-electron chi connectivity index (χ2n) is 5.60. The SMILES string of the molecule is COc1ccc(COc2ccc(C(=O)C(O)O)c3ccc(=O)[nH]c23)cc1. The number of H-pyrrole nitrogens is 1.